The first kappa shape index (κ1) is 13.2. The van der Waals surface area contributed by atoms with E-state index in [1.165, 1.54) is 6.92 Å². The molecule has 0 aliphatic heterocycles. The molecule has 2 N–H and O–H groups in total. The van der Waals surface area contributed by atoms with Gasteiger partial charge in [-0.1, -0.05) is 6.92 Å². The van der Waals surface area contributed by atoms with Crippen LogP contribution in [-0.2, 0) is 17.8 Å². The van der Waals surface area contributed by atoms with Gasteiger partial charge in [-0.15, -0.1) is 0 Å². The Hall–Kier alpha value is -1.85. The van der Waals surface area contributed by atoms with Crippen molar-refractivity contribution in [1.29, 1.82) is 0 Å². The summed E-state index contributed by atoms with van der Waals surface area (Å²) in [5, 5.41) is 15.4. The summed E-state index contributed by atoms with van der Waals surface area (Å²) in [5.41, 5.74) is 1.22. The van der Waals surface area contributed by atoms with Crippen LogP contribution in [0.5, 0.6) is 0 Å². The zero-order valence-corrected chi connectivity index (χ0v) is 10.2. The smallest absolute Gasteiger partial charge is 0.325 e. The Kier molecular flexibility index (Phi) is 4.25. The minimum Gasteiger partial charge on any atom is -0.480 e. The fourth-order valence-electron chi connectivity index (χ4n) is 1.40. The van der Waals surface area contributed by atoms with Crippen LogP contribution in [0.3, 0.4) is 0 Å². The van der Waals surface area contributed by atoms with E-state index < -0.39 is 17.9 Å². The van der Waals surface area contributed by atoms with Gasteiger partial charge in [-0.25, -0.2) is 0 Å². The predicted octanol–water partition coefficient (Wildman–Crippen LogP) is 0.668. The number of nitrogens with one attached hydrogen (secondary N) is 1. The van der Waals surface area contributed by atoms with Crippen LogP contribution in [0.25, 0.3) is 0 Å². The molecular weight excluding hydrogens is 222 g/mol. The Morgan fingerprint density at radius 3 is 2.65 bits per heavy atom. The highest BCUT2D eigenvalue weighted by molar-refractivity contribution is 5.95. The molecule has 0 saturated carbocycles. The number of aliphatic carboxylic acids is 1. The molecule has 1 aromatic rings. The number of carboxylic acid groups (broad SMARTS) is 1. The molecule has 0 aliphatic rings. The van der Waals surface area contributed by atoms with Crippen LogP contribution in [0, 0.1) is 0 Å². The summed E-state index contributed by atoms with van der Waals surface area (Å²) < 4.78 is 1.57. The first-order chi connectivity index (χ1) is 7.99. The summed E-state index contributed by atoms with van der Waals surface area (Å²) in [7, 11) is 0. The van der Waals surface area contributed by atoms with Gasteiger partial charge in [-0.3, -0.25) is 14.3 Å². The van der Waals surface area contributed by atoms with E-state index in [9.17, 15) is 9.59 Å². The van der Waals surface area contributed by atoms with Crippen molar-refractivity contribution in [3.63, 3.8) is 0 Å². The number of carbonyl (C=O) groups is 2. The predicted molar refractivity (Wildman–Crippen MR) is 61.8 cm³/mol. The van der Waals surface area contributed by atoms with Crippen molar-refractivity contribution in [2.75, 3.05) is 0 Å². The maximum Gasteiger partial charge on any atom is 0.325 e. The molecule has 1 rings (SSSR count). The zero-order valence-electron chi connectivity index (χ0n) is 10.2. The van der Waals surface area contributed by atoms with E-state index in [-0.39, 0.29) is 0 Å². The monoisotopic (exact) mass is 239 g/mol. The SMILES string of the molecule is CCc1cc(C(=O)NC(C)C(=O)O)n(CC)n1. The number of aryl methyl sites for hydroxylation is 2. The quantitative estimate of drug-likeness (QED) is 0.791. The average molecular weight is 239 g/mol. The highest BCUT2D eigenvalue weighted by Crippen LogP contribution is 2.06. The lowest BCUT2D eigenvalue weighted by Gasteiger charge is -2.09. The number of carbonyl (C=O) groups excluding carboxylic acids is 1. The third-order valence-electron chi connectivity index (χ3n) is 2.44. The van der Waals surface area contributed by atoms with E-state index in [0.29, 0.717) is 12.2 Å². The second-order valence-corrected chi connectivity index (χ2v) is 3.72. The van der Waals surface area contributed by atoms with Gasteiger partial charge in [0.2, 0.25) is 0 Å². The van der Waals surface area contributed by atoms with Crippen LogP contribution >= 0.6 is 0 Å². The molecule has 0 fully saturated rings. The molecule has 0 saturated heterocycles. The topological polar surface area (TPSA) is 84.2 Å². The first-order valence-corrected chi connectivity index (χ1v) is 5.60. The number of carboxylic acids is 1. The molecule has 6 nitrogen and oxygen atoms in total. The van der Waals surface area contributed by atoms with Gasteiger partial charge in [-0.2, -0.15) is 5.10 Å². The van der Waals surface area contributed by atoms with Crippen LogP contribution in [-0.4, -0.2) is 32.8 Å². The summed E-state index contributed by atoms with van der Waals surface area (Å²) in [4.78, 5) is 22.5. The molecule has 0 bridgehead atoms. The minimum absolute atomic E-state index is 0.400. The fourth-order valence-corrected chi connectivity index (χ4v) is 1.40. The molecule has 1 atom stereocenters. The van der Waals surface area contributed by atoms with E-state index in [2.05, 4.69) is 10.4 Å². The van der Waals surface area contributed by atoms with Crippen molar-refractivity contribution in [2.45, 2.75) is 39.8 Å². The van der Waals surface area contributed by atoms with Crippen LogP contribution in [0.15, 0.2) is 6.07 Å². The molecule has 0 radical (unpaired) electrons. The van der Waals surface area contributed by atoms with E-state index in [4.69, 9.17) is 5.11 Å². The Morgan fingerprint density at radius 2 is 2.18 bits per heavy atom. The van der Waals surface area contributed by atoms with Gasteiger partial charge in [-0.05, 0) is 26.3 Å². The van der Waals surface area contributed by atoms with Crippen LogP contribution < -0.4 is 5.32 Å². The maximum atomic E-state index is 11.8. The standard InChI is InChI=1S/C11H17N3O3/c1-4-8-6-9(14(5-2)13-8)10(15)12-7(3)11(16)17/h6-7H,4-5H2,1-3H3,(H,12,15)(H,16,17). The Bertz CT molecular complexity index is 426. The van der Waals surface area contributed by atoms with Crippen molar-refractivity contribution < 1.29 is 14.7 Å². The van der Waals surface area contributed by atoms with E-state index in [0.717, 1.165) is 12.1 Å². The number of nitrogens with zero attached hydrogens (tertiary/aromatic N) is 2. The molecule has 1 aromatic heterocycles. The van der Waals surface area contributed by atoms with Crippen molar-refractivity contribution in [3.05, 3.63) is 17.5 Å². The fraction of sp³-hybridized carbons (Fsp3) is 0.545. The highest BCUT2D eigenvalue weighted by atomic mass is 16.4. The molecule has 1 unspecified atom stereocenters. The molecule has 1 amide bonds. The summed E-state index contributed by atoms with van der Waals surface area (Å²) in [6, 6.07) is 0.778. The van der Waals surface area contributed by atoms with Crippen LogP contribution in [0.4, 0.5) is 0 Å². The largest absolute Gasteiger partial charge is 0.480 e. The molecular formula is C11H17N3O3. The van der Waals surface area contributed by atoms with Crippen molar-refractivity contribution in [3.8, 4) is 0 Å². The van der Waals surface area contributed by atoms with E-state index >= 15 is 0 Å². The Labute approximate surface area is 99.6 Å². The lowest BCUT2D eigenvalue weighted by molar-refractivity contribution is -0.138. The lowest BCUT2D eigenvalue weighted by Crippen LogP contribution is -2.39. The molecule has 94 valence electrons. The third-order valence-corrected chi connectivity index (χ3v) is 2.44. The van der Waals surface area contributed by atoms with Gasteiger partial charge in [0.05, 0.1) is 5.69 Å². The molecule has 1 heterocycles. The third kappa shape index (κ3) is 3.05. The van der Waals surface area contributed by atoms with Crippen LogP contribution in [0.2, 0.25) is 0 Å². The van der Waals surface area contributed by atoms with Gasteiger partial charge < -0.3 is 10.4 Å². The zero-order chi connectivity index (χ0) is 13.0. The van der Waals surface area contributed by atoms with E-state index in [1.807, 2.05) is 13.8 Å². The average Bonchev–Trinajstić information content (AvgIpc) is 2.71. The van der Waals surface area contributed by atoms with Crippen molar-refractivity contribution >= 4 is 11.9 Å². The Morgan fingerprint density at radius 1 is 1.53 bits per heavy atom. The molecule has 0 spiro atoms. The number of hydrogen-bond acceptors (Lipinski definition) is 3. The summed E-state index contributed by atoms with van der Waals surface area (Å²) >= 11 is 0. The highest BCUT2D eigenvalue weighted by Gasteiger charge is 2.19. The van der Waals surface area contributed by atoms with Crippen LogP contribution in [0.1, 0.15) is 37.0 Å². The second kappa shape index (κ2) is 5.47. The summed E-state index contributed by atoms with van der Waals surface area (Å²) in [6.45, 7) is 5.82. The minimum atomic E-state index is -1.06. The molecule has 0 aromatic carbocycles. The molecule has 6 heteroatoms. The van der Waals surface area contributed by atoms with Gasteiger partial charge in [0, 0.05) is 6.54 Å². The van der Waals surface area contributed by atoms with E-state index in [1.54, 1.807) is 10.7 Å². The van der Waals surface area contributed by atoms with Gasteiger partial charge in [0.25, 0.3) is 5.91 Å². The van der Waals surface area contributed by atoms with Crippen molar-refractivity contribution in [2.24, 2.45) is 0 Å². The first-order valence-electron chi connectivity index (χ1n) is 5.60. The number of aromatic nitrogens is 2. The van der Waals surface area contributed by atoms with Gasteiger partial charge >= 0.3 is 5.97 Å². The normalized spacial score (nSPS) is 12.2. The Balaban J connectivity index is 2.87. The van der Waals surface area contributed by atoms with Gasteiger partial charge in [0.15, 0.2) is 0 Å². The molecule has 0 aliphatic carbocycles. The number of hydrogen-bond donors (Lipinski definition) is 2. The number of rotatable bonds is 5. The lowest BCUT2D eigenvalue weighted by atomic mass is 10.2. The maximum absolute atomic E-state index is 11.8. The van der Waals surface area contributed by atoms with Gasteiger partial charge in [0.1, 0.15) is 11.7 Å². The summed E-state index contributed by atoms with van der Waals surface area (Å²) in [5.74, 6) is -1.47. The van der Waals surface area contributed by atoms with Crippen molar-refractivity contribution in [1.82, 2.24) is 15.1 Å². The molecule has 17 heavy (non-hydrogen) atoms. The second-order valence-electron chi connectivity index (χ2n) is 3.72. The summed E-state index contributed by atoms with van der Waals surface area (Å²) in [6.07, 6.45) is 0.738. The number of amides is 1.